The first kappa shape index (κ1) is 15.2. The maximum atomic E-state index is 12.7. The van der Waals surface area contributed by atoms with E-state index in [1.54, 1.807) is 22.0 Å². The summed E-state index contributed by atoms with van der Waals surface area (Å²) in [5.74, 6) is -0.823. The van der Waals surface area contributed by atoms with Crippen LogP contribution in [0.15, 0.2) is 30.6 Å². The Balaban J connectivity index is 1.88. The molecule has 1 aliphatic heterocycles. The third-order valence-corrected chi connectivity index (χ3v) is 4.13. The standard InChI is InChI=1S/C16H18N4O3/c1-2-13-12(9-18-20(13)14-5-3-4-7-17-14)15(21)19-8-6-11(10-19)16(22)23/h3-5,7,9,11H,2,6,8,10H2,1H3,(H,22,23). The quantitative estimate of drug-likeness (QED) is 0.921. The van der Waals surface area contributed by atoms with Crippen LogP contribution in [0.4, 0.5) is 0 Å². The lowest BCUT2D eigenvalue weighted by molar-refractivity contribution is -0.141. The molecule has 0 saturated carbocycles. The Kier molecular flexibility index (Phi) is 4.10. The Bertz CT molecular complexity index is 726. The normalized spacial score (nSPS) is 17.4. The number of likely N-dealkylation sites (tertiary alicyclic amines) is 1. The Labute approximate surface area is 133 Å². The minimum atomic E-state index is -0.847. The lowest BCUT2D eigenvalue weighted by atomic mass is 10.1. The van der Waals surface area contributed by atoms with E-state index < -0.39 is 11.9 Å². The monoisotopic (exact) mass is 314 g/mol. The molecule has 1 fully saturated rings. The van der Waals surface area contributed by atoms with Crippen molar-refractivity contribution in [3.8, 4) is 5.82 Å². The molecule has 7 heteroatoms. The van der Waals surface area contributed by atoms with Crippen molar-refractivity contribution >= 4 is 11.9 Å². The van der Waals surface area contributed by atoms with E-state index in [4.69, 9.17) is 5.11 Å². The van der Waals surface area contributed by atoms with Gasteiger partial charge in [-0.1, -0.05) is 13.0 Å². The zero-order valence-corrected chi connectivity index (χ0v) is 12.8. The maximum Gasteiger partial charge on any atom is 0.308 e. The summed E-state index contributed by atoms with van der Waals surface area (Å²) >= 11 is 0. The molecule has 23 heavy (non-hydrogen) atoms. The van der Waals surface area contributed by atoms with E-state index in [2.05, 4.69) is 10.1 Å². The van der Waals surface area contributed by atoms with E-state index in [9.17, 15) is 9.59 Å². The molecule has 0 bridgehead atoms. The van der Waals surface area contributed by atoms with Crippen LogP contribution >= 0.6 is 0 Å². The van der Waals surface area contributed by atoms with Crippen molar-refractivity contribution in [2.75, 3.05) is 13.1 Å². The number of aromatic nitrogens is 3. The van der Waals surface area contributed by atoms with Crippen molar-refractivity contribution in [3.05, 3.63) is 41.9 Å². The number of rotatable bonds is 4. The lowest BCUT2D eigenvalue weighted by Crippen LogP contribution is -2.30. The Morgan fingerprint density at radius 1 is 1.39 bits per heavy atom. The van der Waals surface area contributed by atoms with Gasteiger partial charge in [-0.25, -0.2) is 9.67 Å². The molecule has 7 nitrogen and oxygen atoms in total. The van der Waals surface area contributed by atoms with Gasteiger partial charge in [-0.15, -0.1) is 0 Å². The fraction of sp³-hybridized carbons (Fsp3) is 0.375. The van der Waals surface area contributed by atoms with Crippen molar-refractivity contribution in [1.29, 1.82) is 0 Å². The Morgan fingerprint density at radius 3 is 2.83 bits per heavy atom. The number of aliphatic carboxylic acids is 1. The van der Waals surface area contributed by atoms with Gasteiger partial charge in [-0.2, -0.15) is 5.10 Å². The highest BCUT2D eigenvalue weighted by atomic mass is 16.4. The van der Waals surface area contributed by atoms with Crippen LogP contribution in [-0.2, 0) is 11.2 Å². The predicted molar refractivity (Wildman–Crippen MR) is 82.4 cm³/mol. The van der Waals surface area contributed by atoms with E-state index >= 15 is 0 Å². The Hall–Kier alpha value is -2.70. The molecule has 3 rings (SSSR count). The Morgan fingerprint density at radius 2 is 2.22 bits per heavy atom. The smallest absolute Gasteiger partial charge is 0.308 e. The molecule has 1 saturated heterocycles. The molecular weight excluding hydrogens is 296 g/mol. The van der Waals surface area contributed by atoms with Crippen molar-refractivity contribution in [2.24, 2.45) is 5.92 Å². The second kappa shape index (κ2) is 6.20. The summed E-state index contributed by atoms with van der Waals surface area (Å²) in [6.07, 6.45) is 4.35. The average molecular weight is 314 g/mol. The zero-order valence-electron chi connectivity index (χ0n) is 12.8. The molecule has 0 radical (unpaired) electrons. The van der Waals surface area contributed by atoms with Gasteiger partial charge in [-0.3, -0.25) is 9.59 Å². The van der Waals surface area contributed by atoms with Gasteiger partial charge in [0.05, 0.1) is 23.4 Å². The summed E-state index contributed by atoms with van der Waals surface area (Å²) in [6, 6.07) is 5.51. The molecule has 1 amide bonds. The molecule has 0 aliphatic carbocycles. The lowest BCUT2D eigenvalue weighted by Gasteiger charge is -2.16. The van der Waals surface area contributed by atoms with E-state index in [0.717, 1.165) is 5.69 Å². The zero-order chi connectivity index (χ0) is 16.4. The molecule has 1 atom stereocenters. The number of amides is 1. The molecule has 1 unspecified atom stereocenters. The molecule has 2 aromatic heterocycles. The third kappa shape index (κ3) is 2.81. The van der Waals surface area contributed by atoms with Gasteiger partial charge in [0, 0.05) is 19.3 Å². The number of carbonyl (C=O) groups is 2. The molecule has 120 valence electrons. The average Bonchev–Trinajstić information content (AvgIpc) is 3.22. The molecule has 1 N–H and O–H groups in total. The number of hydrogen-bond donors (Lipinski definition) is 1. The van der Waals surface area contributed by atoms with E-state index in [-0.39, 0.29) is 12.5 Å². The summed E-state index contributed by atoms with van der Waals surface area (Å²) < 4.78 is 1.66. The van der Waals surface area contributed by atoms with E-state index in [1.807, 2.05) is 25.1 Å². The van der Waals surface area contributed by atoms with Crippen molar-refractivity contribution in [2.45, 2.75) is 19.8 Å². The molecule has 2 aromatic rings. The van der Waals surface area contributed by atoms with Crippen LogP contribution in [0.3, 0.4) is 0 Å². The highest BCUT2D eigenvalue weighted by Crippen LogP contribution is 2.22. The number of carboxylic acid groups (broad SMARTS) is 1. The minimum absolute atomic E-state index is 0.159. The van der Waals surface area contributed by atoms with Crippen molar-refractivity contribution < 1.29 is 14.7 Å². The first-order valence-electron chi connectivity index (χ1n) is 7.62. The fourth-order valence-electron chi connectivity index (χ4n) is 2.89. The number of hydrogen-bond acceptors (Lipinski definition) is 4. The summed E-state index contributed by atoms with van der Waals surface area (Å²) in [7, 11) is 0. The van der Waals surface area contributed by atoms with Gasteiger partial charge in [0.15, 0.2) is 5.82 Å². The molecular formula is C16H18N4O3. The molecule has 3 heterocycles. The molecule has 0 spiro atoms. The minimum Gasteiger partial charge on any atom is -0.481 e. The number of nitrogens with zero attached hydrogens (tertiary/aromatic N) is 4. The van der Waals surface area contributed by atoms with Gasteiger partial charge < -0.3 is 10.0 Å². The number of carboxylic acids is 1. The van der Waals surface area contributed by atoms with Crippen LogP contribution in [-0.4, -0.2) is 49.7 Å². The van der Waals surface area contributed by atoms with Gasteiger partial charge in [0.25, 0.3) is 5.91 Å². The number of carbonyl (C=O) groups excluding carboxylic acids is 1. The fourth-order valence-corrected chi connectivity index (χ4v) is 2.89. The van der Waals surface area contributed by atoms with Crippen LogP contribution in [0, 0.1) is 5.92 Å². The predicted octanol–water partition coefficient (Wildman–Crippen LogP) is 1.38. The summed E-state index contributed by atoms with van der Waals surface area (Å²) in [4.78, 5) is 29.6. The second-order valence-corrected chi connectivity index (χ2v) is 5.53. The number of pyridine rings is 1. The first-order valence-corrected chi connectivity index (χ1v) is 7.62. The van der Waals surface area contributed by atoms with Crippen molar-refractivity contribution in [1.82, 2.24) is 19.7 Å². The van der Waals surface area contributed by atoms with Crippen LogP contribution in [0.1, 0.15) is 29.4 Å². The van der Waals surface area contributed by atoms with Crippen molar-refractivity contribution in [3.63, 3.8) is 0 Å². The van der Waals surface area contributed by atoms with Gasteiger partial charge in [-0.05, 0) is 25.0 Å². The highest BCUT2D eigenvalue weighted by molar-refractivity contribution is 5.95. The van der Waals surface area contributed by atoms with Gasteiger partial charge in [0.1, 0.15) is 0 Å². The van der Waals surface area contributed by atoms with Crippen LogP contribution in [0.5, 0.6) is 0 Å². The topological polar surface area (TPSA) is 88.3 Å². The molecule has 1 aliphatic rings. The second-order valence-electron chi connectivity index (χ2n) is 5.53. The largest absolute Gasteiger partial charge is 0.481 e. The third-order valence-electron chi connectivity index (χ3n) is 4.13. The summed E-state index contributed by atoms with van der Waals surface area (Å²) in [5.41, 5.74) is 1.30. The highest BCUT2D eigenvalue weighted by Gasteiger charge is 2.32. The SMILES string of the molecule is CCc1c(C(=O)N2CCC(C(=O)O)C2)cnn1-c1ccccn1. The molecule has 0 aromatic carbocycles. The summed E-state index contributed by atoms with van der Waals surface area (Å²) in [5, 5.41) is 13.4. The maximum absolute atomic E-state index is 12.7. The van der Waals surface area contributed by atoms with Gasteiger partial charge in [0.2, 0.25) is 0 Å². The van der Waals surface area contributed by atoms with Gasteiger partial charge >= 0.3 is 5.97 Å². The first-order chi connectivity index (χ1) is 11.1. The van der Waals surface area contributed by atoms with Crippen LogP contribution < -0.4 is 0 Å². The summed E-state index contributed by atoms with van der Waals surface area (Å²) in [6.45, 7) is 2.68. The van der Waals surface area contributed by atoms with Crippen LogP contribution in [0.25, 0.3) is 5.82 Å². The van der Waals surface area contributed by atoms with Crippen LogP contribution in [0.2, 0.25) is 0 Å². The van der Waals surface area contributed by atoms with E-state index in [1.165, 1.54) is 0 Å². The van der Waals surface area contributed by atoms with E-state index in [0.29, 0.717) is 30.8 Å².